The lowest BCUT2D eigenvalue weighted by Gasteiger charge is -2.29. The first-order valence-electron chi connectivity index (χ1n) is 10.5. The molecule has 7 heteroatoms. The van der Waals surface area contributed by atoms with E-state index in [-0.39, 0.29) is 24.0 Å². The fraction of sp³-hybridized carbons (Fsp3) is 0.280. The molecule has 2 aromatic rings. The van der Waals surface area contributed by atoms with Crippen molar-refractivity contribution in [2.24, 2.45) is 0 Å². The van der Waals surface area contributed by atoms with E-state index in [1.54, 1.807) is 24.3 Å². The number of amides is 3. The van der Waals surface area contributed by atoms with Crippen LogP contribution in [0.4, 0.5) is 0 Å². The van der Waals surface area contributed by atoms with Gasteiger partial charge in [0.25, 0.3) is 5.91 Å². The van der Waals surface area contributed by atoms with Gasteiger partial charge in [-0.05, 0) is 42.7 Å². The first kappa shape index (κ1) is 22.0. The van der Waals surface area contributed by atoms with Crippen molar-refractivity contribution in [1.29, 1.82) is 0 Å². The third-order valence-electron chi connectivity index (χ3n) is 5.68. The van der Waals surface area contributed by atoms with E-state index in [9.17, 15) is 19.2 Å². The number of rotatable bonds is 5. The van der Waals surface area contributed by atoms with Gasteiger partial charge in [-0.3, -0.25) is 24.5 Å². The van der Waals surface area contributed by atoms with Crippen LogP contribution in [0, 0.1) is 11.8 Å². The SMILES string of the molecule is O=C1CCC(N2Cc3c(C#CCCCC(=O)c4ccc(Br)cc4)cccc3C2=O)C(=O)N1. The van der Waals surface area contributed by atoms with E-state index >= 15 is 0 Å². The molecule has 2 heterocycles. The van der Waals surface area contributed by atoms with Gasteiger partial charge in [-0.15, -0.1) is 0 Å². The second-order valence-electron chi connectivity index (χ2n) is 7.82. The highest BCUT2D eigenvalue weighted by Gasteiger charge is 2.39. The number of unbranched alkanes of at least 4 members (excludes halogenated alkanes) is 1. The lowest BCUT2D eigenvalue weighted by atomic mass is 10.0. The van der Waals surface area contributed by atoms with Crippen molar-refractivity contribution in [3.05, 3.63) is 69.2 Å². The summed E-state index contributed by atoms with van der Waals surface area (Å²) in [5, 5.41) is 2.31. The lowest BCUT2D eigenvalue weighted by molar-refractivity contribution is -0.136. The number of halogens is 1. The van der Waals surface area contributed by atoms with Crippen molar-refractivity contribution in [2.45, 2.75) is 44.7 Å². The zero-order valence-electron chi connectivity index (χ0n) is 17.3. The molecule has 1 N–H and O–H groups in total. The molecule has 3 amide bonds. The van der Waals surface area contributed by atoms with Crippen LogP contribution in [0.3, 0.4) is 0 Å². The molecule has 0 saturated carbocycles. The lowest BCUT2D eigenvalue weighted by Crippen LogP contribution is -2.52. The predicted molar refractivity (Wildman–Crippen MR) is 122 cm³/mol. The second-order valence-corrected chi connectivity index (χ2v) is 8.73. The number of hydrogen-bond acceptors (Lipinski definition) is 4. The number of ketones is 1. The molecule has 2 aromatic carbocycles. The van der Waals surface area contributed by atoms with E-state index in [0.717, 1.165) is 15.6 Å². The Kier molecular flexibility index (Phi) is 6.52. The van der Waals surface area contributed by atoms with Crippen LogP contribution in [0.1, 0.15) is 63.9 Å². The van der Waals surface area contributed by atoms with E-state index in [2.05, 4.69) is 33.1 Å². The molecule has 0 radical (unpaired) electrons. The third-order valence-corrected chi connectivity index (χ3v) is 6.21. The molecule has 0 aliphatic carbocycles. The molecule has 6 nitrogen and oxygen atoms in total. The topological polar surface area (TPSA) is 83.6 Å². The average Bonchev–Trinajstić information content (AvgIpc) is 3.11. The monoisotopic (exact) mass is 492 g/mol. The van der Waals surface area contributed by atoms with Gasteiger partial charge in [0.1, 0.15) is 6.04 Å². The summed E-state index contributed by atoms with van der Waals surface area (Å²) in [4.78, 5) is 50.3. The maximum Gasteiger partial charge on any atom is 0.255 e. The molecule has 1 atom stereocenters. The van der Waals surface area contributed by atoms with E-state index in [1.165, 1.54) is 4.90 Å². The Morgan fingerprint density at radius 2 is 1.91 bits per heavy atom. The number of nitrogens with one attached hydrogen (secondary N) is 1. The highest BCUT2D eigenvalue weighted by molar-refractivity contribution is 9.10. The minimum Gasteiger partial charge on any atom is -0.322 e. The van der Waals surface area contributed by atoms with Crippen LogP contribution in [0.15, 0.2) is 46.9 Å². The molecule has 162 valence electrons. The molecular formula is C25H21BrN2O4. The molecule has 4 rings (SSSR count). The standard InChI is InChI=1S/C25H21BrN2O4/c26-18-11-9-17(10-12-18)22(29)8-3-1-2-5-16-6-4-7-19-20(16)15-28(25(19)32)21-13-14-23(30)27-24(21)31/h4,6-7,9-12,21H,1,3,8,13-15H2,(H,27,30,31). The summed E-state index contributed by atoms with van der Waals surface area (Å²) < 4.78 is 0.935. The van der Waals surface area contributed by atoms with Crippen molar-refractivity contribution in [1.82, 2.24) is 10.2 Å². The third kappa shape index (κ3) is 4.66. The Labute approximate surface area is 194 Å². The van der Waals surface area contributed by atoms with Crippen LogP contribution in [0.2, 0.25) is 0 Å². The number of imide groups is 1. The molecule has 1 fully saturated rings. The summed E-state index contributed by atoms with van der Waals surface area (Å²) in [5.74, 6) is 5.38. The zero-order chi connectivity index (χ0) is 22.7. The largest absolute Gasteiger partial charge is 0.322 e. The van der Waals surface area contributed by atoms with E-state index in [0.29, 0.717) is 43.4 Å². The van der Waals surface area contributed by atoms with Crippen molar-refractivity contribution in [3.63, 3.8) is 0 Å². The van der Waals surface area contributed by atoms with Gasteiger partial charge in [0.05, 0.1) is 0 Å². The van der Waals surface area contributed by atoms with Gasteiger partial charge in [0, 0.05) is 47.0 Å². The highest BCUT2D eigenvalue weighted by Crippen LogP contribution is 2.29. The maximum atomic E-state index is 12.9. The average molecular weight is 493 g/mol. The summed E-state index contributed by atoms with van der Waals surface area (Å²) in [6.07, 6.45) is 2.19. The number of piperidine rings is 1. The number of benzene rings is 2. The van der Waals surface area contributed by atoms with Crippen molar-refractivity contribution >= 4 is 39.4 Å². The van der Waals surface area contributed by atoms with Gasteiger partial charge in [0.15, 0.2) is 5.78 Å². The summed E-state index contributed by atoms with van der Waals surface area (Å²) >= 11 is 3.36. The van der Waals surface area contributed by atoms with Gasteiger partial charge in [0.2, 0.25) is 11.8 Å². The van der Waals surface area contributed by atoms with Crippen LogP contribution >= 0.6 is 15.9 Å². The van der Waals surface area contributed by atoms with Crippen LogP contribution in [-0.2, 0) is 16.1 Å². The minimum atomic E-state index is -0.641. The number of hydrogen-bond donors (Lipinski definition) is 1. The normalized spacial score (nSPS) is 17.5. The number of fused-ring (bicyclic) bond motifs is 1. The fourth-order valence-electron chi connectivity index (χ4n) is 3.98. The molecule has 0 bridgehead atoms. The predicted octanol–water partition coefficient (Wildman–Crippen LogP) is 3.61. The molecule has 2 aliphatic rings. The van der Waals surface area contributed by atoms with Gasteiger partial charge in [-0.25, -0.2) is 0 Å². The highest BCUT2D eigenvalue weighted by atomic mass is 79.9. The summed E-state index contributed by atoms with van der Waals surface area (Å²) in [5.41, 5.74) is 2.80. The quantitative estimate of drug-likeness (QED) is 0.299. The Morgan fingerprint density at radius 1 is 1.12 bits per heavy atom. The number of nitrogens with zero attached hydrogens (tertiary/aromatic N) is 1. The number of Topliss-reactive ketones (excluding diaryl/α,β-unsaturated/α-hetero) is 1. The Hall–Kier alpha value is -3.24. The maximum absolute atomic E-state index is 12.9. The van der Waals surface area contributed by atoms with Gasteiger partial charge < -0.3 is 4.90 Å². The van der Waals surface area contributed by atoms with Crippen molar-refractivity contribution < 1.29 is 19.2 Å². The van der Waals surface area contributed by atoms with Crippen LogP contribution in [0.5, 0.6) is 0 Å². The first-order valence-corrected chi connectivity index (χ1v) is 11.3. The van der Waals surface area contributed by atoms with E-state index < -0.39 is 11.9 Å². The number of carbonyl (C=O) groups excluding carboxylic acids is 4. The van der Waals surface area contributed by atoms with Gasteiger partial charge in [-0.1, -0.05) is 46.0 Å². The smallest absolute Gasteiger partial charge is 0.255 e. The molecule has 32 heavy (non-hydrogen) atoms. The molecule has 0 aromatic heterocycles. The van der Waals surface area contributed by atoms with E-state index in [1.807, 2.05) is 18.2 Å². The minimum absolute atomic E-state index is 0.0883. The summed E-state index contributed by atoms with van der Waals surface area (Å²) in [6, 6.07) is 12.0. The first-order chi connectivity index (χ1) is 15.4. The summed E-state index contributed by atoms with van der Waals surface area (Å²) in [7, 11) is 0. The Balaban J connectivity index is 1.38. The zero-order valence-corrected chi connectivity index (χ0v) is 18.9. The van der Waals surface area contributed by atoms with Crippen molar-refractivity contribution in [3.8, 4) is 11.8 Å². The number of carbonyl (C=O) groups is 4. The van der Waals surface area contributed by atoms with Crippen LogP contribution < -0.4 is 5.32 Å². The second kappa shape index (κ2) is 9.49. The molecular weight excluding hydrogens is 472 g/mol. The molecule has 1 unspecified atom stereocenters. The molecule has 0 spiro atoms. The van der Waals surface area contributed by atoms with Crippen LogP contribution in [-0.4, -0.2) is 34.4 Å². The van der Waals surface area contributed by atoms with Crippen LogP contribution in [0.25, 0.3) is 0 Å². The fourth-order valence-corrected chi connectivity index (χ4v) is 4.24. The van der Waals surface area contributed by atoms with E-state index in [4.69, 9.17) is 0 Å². The van der Waals surface area contributed by atoms with Gasteiger partial charge in [-0.2, -0.15) is 0 Å². The Morgan fingerprint density at radius 3 is 2.66 bits per heavy atom. The molecule has 2 aliphatic heterocycles. The molecule has 1 saturated heterocycles. The van der Waals surface area contributed by atoms with Crippen molar-refractivity contribution in [2.75, 3.05) is 0 Å². The van der Waals surface area contributed by atoms with Gasteiger partial charge >= 0.3 is 0 Å². The summed E-state index contributed by atoms with van der Waals surface area (Å²) in [6.45, 7) is 0.299. The Bertz CT molecular complexity index is 1160.